The molecule has 0 atom stereocenters. The van der Waals surface area contributed by atoms with Crippen molar-refractivity contribution in [3.8, 4) is 0 Å². The lowest BCUT2D eigenvalue weighted by Crippen LogP contribution is -2.37. The van der Waals surface area contributed by atoms with Crippen LogP contribution in [0.25, 0.3) is 0 Å². The number of carbonyl (C=O) groups excluding carboxylic acids is 1. The van der Waals surface area contributed by atoms with Gasteiger partial charge in [-0.25, -0.2) is 4.39 Å². The van der Waals surface area contributed by atoms with Crippen molar-refractivity contribution in [3.05, 3.63) is 22.4 Å². The van der Waals surface area contributed by atoms with Crippen molar-refractivity contribution in [2.45, 2.75) is 6.92 Å². The summed E-state index contributed by atoms with van der Waals surface area (Å²) in [5, 5.41) is 0. The van der Waals surface area contributed by atoms with Crippen LogP contribution in [0.1, 0.15) is 6.92 Å². The highest BCUT2D eigenvalue weighted by Gasteiger charge is 2.15. The zero-order valence-corrected chi connectivity index (χ0v) is 12.3. The van der Waals surface area contributed by atoms with Gasteiger partial charge < -0.3 is 15.5 Å². The van der Waals surface area contributed by atoms with Crippen LogP contribution < -0.4 is 10.6 Å². The maximum absolute atomic E-state index is 13.5. The van der Waals surface area contributed by atoms with E-state index in [0.717, 1.165) is 0 Å². The molecule has 0 saturated heterocycles. The molecule has 0 spiro atoms. The normalized spacial score (nSPS) is 10.3. The molecule has 0 unspecified atom stereocenters. The summed E-state index contributed by atoms with van der Waals surface area (Å²) in [6.07, 6.45) is 0. The third-order valence-electron chi connectivity index (χ3n) is 2.62. The van der Waals surface area contributed by atoms with E-state index in [1.165, 1.54) is 17.0 Å². The molecule has 1 aromatic carbocycles. The second kappa shape index (κ2) is 6.04. The summed E-state index contributed by atoms with van der Waals surface area (Å²) in [6.45, 7) is 2.64. The highest BCUT2D eigenvalue weighted by Crippen LogP contribution is 2.29. The van der Waals surface area contributed by atoms with Crippen LogP contribution in [-0.2, 0) is 4.79 Å². The quantitative estimate of drug-likeness (QED) is 0.865. The molecule has 1 amide bonds. The van der Waals surface area contributed by atoms with Crippen molar-refractivity contribution in [2.24, 2.45) is 0 Å². The first-order valence-electron chi connectivity index (χ1n) is 5.56. The Morgan fingerprint density at radius 3 is 2.56 bits per heavy atom. The van der Waals surface area contributed by atoms with Crippen LogP contribution >= 0.6 is 15.9 Å². The smallest absolute Gasteiger partial charge is 0.241 e. The number of hydrogen-bond acceptors (Lipinski definition) is 3. The Morgan fingerprint density at radius 1 is 1.44 bits per heavy atom. The lowest BCUT2D eigenvalue weighted by Gasteiger charge is -2.25. The van der Waals surface area contributed by atoms with Crippen LogP contribution in [-0.4, -0.2) is 38.0 Å². The van der Waals surface area contributed by atoms with E-state index in [0.29, 0.717) is 22.4 Å². The van der Waals surface area contributed by atoms with Gasteiger partial charge in [-0.2, -0.15) is 0 Å². The SMILES string of the molecule is CCN(CC(=O)N(C)C)c1cc(F)c(Br)cc1N. The van der Waals surface area contributed by atoms with Gasteiger partial charge in [0.2, 0.25) is 5.91 Å². The number of likely N-dealkylation sites (N-methyl/N-ethyl adjacent to an activating group) is 2. The topological polar surface area (TPSA) is 49.6 Å². The molecule has 2 N–H and O–H groups in total. The standard InChI is InChI=1S/C12H17BrFN3O/c1-4-17(7-12(18)16(2)3)11-6-9(14)8(13)5-10(11)15/h5-6H,4,7,15H2,1-3H3. The Bertz CT molecular complexity index is 451. The minimum absolute atomic E-state index is 0.0559. The molecule has 0 aromatic heterocycles. The van der Waals surface area contributed by atoms with Gasteiger partial charge in [0.15, 0.2) is 0 Å². The molecule has 1 aromatic rings. The molecular formula is C12H17BrFN3O. The van der Waals surface area contributed by atoms with Crippen molar-refractivity contribution in [1.29, 1.82) is 0 Å². The molecular weight excluding hydrogens is 301 g/mol. The second-order valence-corrected chi connectivity index (χ2v) is 4.98. The largest absolute Gasteiger partial charge is 0.397 e. The van der Waals surface area contributed by atoms with Gasteiger partial charge in [-0.3, -0.25) is 4.79 Å². The molecule has 0 radical (unpaired) electrons. The number of anilines is 2. The third-order valence-corrected chi connectivity index (χ3v) is 3.22. The van der Waals surface area contributed by atoms with E-state index in [1.54, 1.807) is 19.0 Å². The molecule has 100 valence electrons. The van der Waals surface area contributed by atoms with Gasteiger partial charge in [0.05, 0.1) is 22.4 Å². The van der Waals surface area contributed by atoms with Crippen molar-refractivity contribution in [1.82, 2.24) is 4.90 Å². The zero-order chi connectivity index (χ0) is 13.9. The Balaban J connectivity index is 3.02. The molecule has 0 heterocycles. The zero-order valence-electron chi connectivity index (χ0n) is 10.7. The summed E-state index contributed by atoms with van der Waals surface area (Å²) in [7, 11) is 3.36. The van der Waals surface area contributed by atoms with Gasteiger partial charge >= 0.3 is 0 Å². The number of nitrogens with zero attached hydrogens (tertiary/aromatic N) is 2. The van der Waals surface area contributed by atoms with E-state index in [1.807, 2.05) is 6.92 Å². The van der Waals surface area contributed by atoms with Gasteiger partial charge in [0.1, 0.15) is 5.82 Å². The molecule has 1 rings (SSSR count). The number of amides is 1. The minimum atomic E-state index is -0.394. The van der Waals surface area contributed by atoms with Gasteiger partial charge in [-0.1, -0.05) is 0 Å². The number of nitrogens with two attached hydrogens (primary N) is 1. The maximum atomic E-state index is 13.5. The fourth-order valence-corrected chi connectivity index (χ4v) is 1.86. The Morgan fingerprint density at radius 2 is 2.06 bits per heavy atom. The highest BCUT2D eigenvalue weighted by molar-refractivity contribution is 9.10. The van der Waals surface area contributed by atoms with E-state index in [4.69, 9.17) is 5.73 Å². The predicted molar refractivity (Wildman–Crippen MR) is 75.1 cm³/mol. The number of rotatable bonds is 4. The summed E-state index contributed by atoms with van der Waals surface area (Å²) in [6, 6.07) is 2.85. The average Bonchev–Trinajstić information content (AvgIpc) is 2.30. The van der Waals surface area contributed by atoms with Crippen molar-refractivity contribution in [2.75, 3.05) is 37.8 Å². The van der Waals surface area contributed by atoms with Crippen LogP contribution in [0.4, 0.5) is 15.8 Å². The highest BCUT2D eigenvalue weighted by atomic mass is 79.9. The van der Waals surface area contributed by atoms with E-state index < -0.39 is 5.82 Å². The molecule has 0 fully saturated rings. The van der Waals surface area contributed by atoms with Crippen LogP contribution in [0, 0.1) is 5.82 Å². The third kappa shape index (κ3) is 3.35. The minimum Gasteiger partial charge on any atom is -0.397 e. The van der Waals surface area contributed by atoms with Crippen molar-refractivity contribution < 1.29 is 9.18 Å². The lowest BCUT2D eigenvalue weighted by molar-refractivity contribution is -0.127. The molecule has 0 bridgehead atoms. The second-order valence-electron chi connectivity index (χ2n) is 4.13. The summed E-state index contributed by atoms with van der Waals surface area (Å²) >= 11 is 3.08. The number of carbonyl (C=O) groups is 1. The molecule has 0 aliphatic carbocycles. The predicted octanol–water partition coefficient (Wildman–Crippen LogP) is 2.08. The summed E-state index contributed by atoms with van der Waals surface area (Å²) in [5.41, 5.74) is 6.83. The molecule has 0 aliphatic heterocycles. The summed E-state index contributed by atoms with van der Waals surface area (Å²) in [4.78, 5) is 14.9. The first-order chi connectivity index (χ1) is 8.36. The number of hydrogen-bond donors (Lipinski definition) is 1. The first-order valence-corrected chi connectivity index (χ1v) is 6.35. The van der Waals surface area contributed by atoms with Crippen LogP contribution in [0.2, 0.25) is 0 Å². The fraction of sp³-hybridized carbons (Fsp3) is 0.417. The first kappa shape index (κ1) is 14.8. The number of benzene rings is 1. The molecule has 0 aliphatic rings. The molecule has 4 nitrogen and oxygen atoms in total. The Hall–Kier alpha value is -1.30. The Kier molecular flexibility index (Phi) is 4.95. The maximum Gasteiger partial charge on any atom is 0.241 e. The Labute approximate surface area is 115 Å². The van der Waals surface area contributed by atoms with Crippen molar-refractivity contribution >= 4 is 33.2 Å². The monoisotopic (exact) mass is 317 g/mol. The van der Waals surface area contributed by atoms with Gasteiger partial charge in [-0.15, -0.1) is 0 Å². The summed E-state index contributed by atoms with van der Waals surface area (Å²) in [5.74, 6) is -0.450. The van der Waals surface area contributed by atoms with E-state index in [9.17, 15) is 9.18 Å². The molecule has 6 heteroatoms. The number of nitrogen functional groups attached to an aromatic ring is 1. The number of halogens is 2. The summed E-state index contributed by atoms with van der Waals surface area (Å²) < 4.78 is 13.8. The molecule has 18 heavy (non-hydrogen) atoms. The van der Waals surface area contributed by atoms with E-state index in [-0.39, 0.29) is 12.5 Å². The van der Waals surface area contributed by atoms with Crippen molar-refractivity contribution in [3.63, 3.8) is 0 Å². The van der Waals surface area contributed by atoms with E-state index >= 15 is 0 Å². The van der Waals surface area contributed by atoms with Gasteiger partial charge in [0, 0.05) is 26.7 Å². The van der Waals surface area contributed by atoms with Crippen LogP contribution in [0.3, 0.4) is 0 Å². The van der Waals surface area contributed by atoms with Gasteiger partial charge in [0.25, 0.3) is 0 Å². The fourth-order valence-electron chi connectivity index (χ4n) is 1.50. The van der Waals surface area contributed by atoms with E-state index in [2.05, 4.69) is 15.9 Å². The van der Waals surface area contributed by atoms with Crippen LogP contribution in [0.15, 0.2) is 16.6 Å². The lowest BCUT2D eigenvalue weighted by atomic mass is 10.2. The molecule has 0 saturated carbocycles. The van der Waals surface area contributed by atoms with Gasteiger partial charge in [-0.05, 0) is 28.9 Å². The van der Waals surface area contributed by atoms with Crippen LogP contribution in [0.5, 0.6) is 0 Å². The average molecular weight is 318 g/mol.